The summed E-state index contributed by atoms with van der Waals surface area (Å²) < 4.78 is 14.1. The van der Waals surface area contributed by atoms with Gasteiger partial charge in [0.15, 0.2) is 0 Å². The standard InChI is InChI=1S/C12H7BrClFN2O/c13-7-4-5-9(15)8(6-7)12(18)17-11-3-1-2-10(14)16-11/h1-6H,(H,16,17,18). The lowest BCUT2D eigenvalue weighted by Crippen LogP contribution is -2.14. The number of pyridine rings is 1. The average Bonchev–Trinajstić information content (AvgIpc) is 2.32. The topological polar surface area (TPSA) is 42.0 Å². The van der Waals surface area contributed by atoms with Gasteiger partial charge in [-0.2, -0.15) is 0 Å². The van der Waals surface area contributed by atoms with Crippen molar-refractivity contribution in [3.05, 3.63) is 57.4 Å². The summed E-state index contributed by atoms with van der Waals surface area (Å²) in [6, 6.07) is 8.92. The number of carbonyl (C=O) groups is 1. The third kappa shape index (κ3) is 3.05. The Kier molecular flexibility index (Phi) is 3.93. The lowest BCUT2D eigenvalue weighted by molar-refractivity contribution is 0.102. The Bertz CT molecular complexity index is 606. The van der Waals surface area contributed by atoms with Gasteiger partial charge in [-0.05, 0) is 30.3 Å². The quantitative estimate of drug-likeness (QED) is 0.849. The van der Waals surface area contributed by atoms with Crippen molar-refractivity contribution in [2.75, 3.05) is 5.32 Å². The zero-order valence-corrected chi connectivity index (χ0v) is 11.3. The van der Waals surface area contributed by atoms with Crippen LogP contribution in [-0.4, -0.2) is 10.9 Å². The molecule has 1 aromatic heterocycles. The Morgan fingerprint density at radius 2 is 2.11 bits per heavy atom. The highest BCUT2D eigenvalue weighted by Crippen LogP contribution is 2.17. The maximum atomic E-state index is 13.5. The van der Waals surface area contributed by atoms with Crippen LogP contribution in [0.5, 0.6) is 0 Å². The normalized spacial score (nSPS) is 10.2. The summed E-state index contributed by atoms with van der Waals surface area (Å²) in [5, 5.41) is 2.72. The molecule has 0 saturated carbocycles. The van der Waals surface area contributed by atoms with Crippen molar-refractivity contribution in [1.82, 2.24) is 4.98 Å². The minimum atomic E-state index is -0.599. The van der Waals surface area contributed by atoms with Gasteiger partial charge in [-0.25, -0.2) is 9.37 Å². The minimum absolute atomic E-state index is 0.0637. The second-order valence-electron chi connectivity index (χ2n) is 3.42. The van der Waals surface area contributed by atoms with Crippen LogP contribution in [0.3, 0.4) is 0 Å². The van der Waals surface area contributed by atoms with Crippen molar-refractivity contribution in [3.63, 3.8) is 0 Å². The maximum Gasteiger partial charge on any atom is 0.259 e. The number of carbonyl (C=O) groups excluding carboxylic acids is 1. The number of aromatic nitrogens is 1. The predicted octanol–water partition coefficient (Wildman–Crippen LogP) is 3.89. The van der Waals surface area contributed by atoms with E-state index in [1.165, 1.54) is 18.2 Å². The molecule has 2 rings (SSSR count). The smallest absolute Gasteiger partial charge is 0.259 e. The number of benzene rings is 1. The number of nitrogens with zero attached hydrogens (tertiary/aromatic N) is 1. The van der Waals surface area contributed by atoms with E-state index < -0.39 is 11.7 Å². The number of amides is 1. The van der Waals surface area contributed by atoms with Gasteiger partial charge in [0, 0.05) is 4.47 Å². The molecule has 3 nitrogen and oxygen atoms in total. The van der Waals surface area contributed by atoms with E-state index in [2.05, 4.69) is 26.2 Å². The van der Waals surface area contributed by atoms with Crippen molar-refractivity contribution < 1.29 is 9.18 Å². The number of hydrogen-bond acceptors (Lipinski definition) is 2. The fourth-order valence-electron chi connectivity index (χ4n) is 1.33. The molecule has 1 N–H and O–H groups in total. The van der Waals surface area contributed by atoms with Crippen LogP contribution in [0, 0.1) is 5.82 Å². The highest BCUT2D eigenvalue weighted by Gasteiger charge is 2.12. The Labute approximate surface area is 116 Å². The van der Waals surface area contributed by atoms with Crippen molar-refractivity contribution in [1.29, 1.82) is 0 Å². The molecule has 18 heavy (non-hydrogen) atoms. The first-order valence-corrected chi connectivity index (χ1v) is 6.12. The zero-order valence-electron chi connectivity index (χ0n) is 8.95. The molecule has 0 fully saturated rings. The molecule has 1 aromatic carbocycles. The lowest BCUT2D eigenvalue weighted by atomic mass is 10.2. The number of nitrogens with one attached hydrogen (secondary N) is 1. The minimum Gasteiger partial charge on any atom is -0.306 e. The molecule has 0 aliphatic rings. The van der Waals surface area contributed by atoms with Crippen LogP contribution in [-0.2, 0) is 0 Å². The Morgan fingerprint density at radius 1 is 1.33 bits per heavy atom. The van der Waals surface area contributed by atoms with Gasteiger partial charge in [0.25, 0.3) is 5.91 Å². The molecule has 92 valence electrons. The van der Waals surface area contributed by atoms with Gasteiger partial charge < -0.3 is 5.32 Å². The summed E-state index contributed by atoms with van der Waals surface area (Å²) >= 11 is 8.87. The number of halogens is 3. The summed E-state index contributed by atoms with van der Waals surface area (Å²) in [7, 11) is 0. The van der Waals surface area contributed by atoms with E-state index >= 15 is 0 Å². The molecule has 0 spiro atoms. The fraction of sp³-hybridized carbons (Fsp3) is 0. The molecule has 0 radical (unpaired) electrons. The van der Waals surface area contributed by atoms with E-state index in [9.17, 15) is 9.18 Å². The molecule has 0 atom stereocenters. The van der Waals surface area contributed by atoms with Gasteiger partial charge in [-0.3, -0.25) is 4.79 Å². The highest BCUT2D eigenvalue weighted by molar-refractivity contribution is 9.10. The van der Waals surface area contributed by atoms with Gasteiger partial charge in [-0.15, -0.1) is 0 Å². The van der Waals surface area contributed by atoms with Gasteiger partial charge in [0.2, 0.25) is 0 Å². The first-order valence-electron chi connectivity index (χ1n) is 4.95. The van der Waals surface area contributed by atoms with Crippen molar-refractivity contribution in [2.45, 2.75) is 0 Å². The van der Waals surface area contributed by atoms with Gasteiger partial charge in [0.1, 0.15) is 16.8 Å². The lowest BCUT2D eigenvalue weighted by Gasteiger charge is -2.06. The van der Waals surface area contributed by atoms with Gasteiger partial charge in [-0.1, -0.05) is 33.6 Å². The van der Waals surface area contributed by atoms with E-state index in [1.54, 1.807) is 18.2 Å². The predicted molar refractivity (Wildman–Crippen MR) is 71.3 cm³/mol. The van der Waals surface area contributed by atoms with E-state index in [0.717, 1.165) is 0 Å². The molecule has 1 heterocycles. The second-order valence-corrected chi connectivity index (χ2v) is 4.73. The SMILES string of the molecule is O=C(Nc1cccc(Cl)n1)c1cc(Br)ccc1F. The van der Waals surface area contributed by atoms with Gasteiger partial charge in [0.05, 0.1) is 5.56 Å². The Morgan fingerprint density at radius 3 is 2.83 bits per heavy atom. The second kappa shape index (κ2) is 5.46. The van der Waals surface area contributed by atoms with E-state index in [0.29, 0.717) is 4.47 Å². The summed E-state index contributed by atoms with van der Waals surface area (Å²) in [5.41, 5.74) is -0.0637. The molecule has 0 aliphatic heterocycles. The molecule has 0 unspecified atom stereocenters. The number of hydrogen-bond donors (Lipinski definition) is 1. The third-order valence-corrected chi connectivity index (χ3v) is 2.83. The van der Waals surface area contributed by atoms with Crippen LogP contribution in [0.2, 0.25) is 5.15 Å². The largest absolute Gasteiger partial charge is 0.306 e. The van der Waals surface area contributed by atoms with Crippen LogP contribution in [0.4, 0.5) is 10.2 Å². The van der Waals surface area contributed by atoms with Crippen LogP contribution in [0.15, 0.2) is 40.9 Å². The molecule has 0 aliphatic carbocycles. The molecule has 6 heteroatoms. The van der Waals surface area contributed by atoms with E-state index in [4.69, 9.17) is 11.6 Å². The van der Waals surface area contributed by atoms with E-state index in [-0.39, 0.29) is 16.5 Å². The fourth-order valence-corrected chi connectivity index (χ4v) is 1.86. The van der Waals surface area contributed by atoms with Crippen molar-refractivity contribution >= 4 is 39.3 Å². The van der Waals surface area contributed by atoms with Crippen LogP contribution < -0.4 is 5.32 Å². The number of rotatable bonds is 2. The highest BCUT2D eigenvalue weighted by atomic mass is 79.9. The maximum absolute atomic E-state index is 13.5. The monoisotopic (exact) mass is 328 g/mol. The summed E-state index contributed by atoms with van der Waals surface area (Å²) in [5.74, 6) is -0.909. The molecule has 1 amide bonds. The summed E-state index contributed by atoms with van der Waals surface area (Å²) in [6.45, 7) is 0. The molecule has 0 saturated heterocycles. The first-order chi connectivity index (χ1) is 8.56. The Balaban J connectivity index is 2.24. The van der Waals surface area contributed by atoms with Crippen LogP contribution in [0.1, 0.15) is 10.4 Å². The first kappa shape index (κ1) is 13.0. The summed E-state index contributed by atoms with van der Waals surface area (Å²) in [4.78, 5) is 15.7. The zero-order chi connectivity index (χ0) is 13.1. The number of anilines is 1. The van der Waals surface area contributed by atoms with E-state index in [1.807, 2.05) is 0 Å². The average molecular weight is 330 g/mol. The van der Waals surface area contributed by atoms with Crippen LogP contribution in [0.25, 0.3) is 0 Å². The van der Waals surface area contributed by atoms with Crippen molar-refractivity contribution in [3.8, 4) is 0 Å². The van der Waals surface area contributed by atoms with Crippen LogP contribution >= 0.6 is 27.5 Å². The molecule has 0 bridgehead atoms. The molecular weight excluding hydrogens is 322 g/mol. The molecular formula is C12H7BrClFN2O. The van der Waals surface area contributed by atoms with Crippen molar-refractivity contribution in [2.24, 2.45) is 0 Å². The Hall–Kier alpha value is -1.46. The van der Waals surface area contributed by atoms with Gasteiger partial charge >= 0.3 is 0 Å². The summed E-state index contributed by atoms with van der Waals surface area (Å²) in [6.07, 6.45) is 0. The molecule has 2 aromatic rings. The third-order valence-electron chi connectivity index (χ3n) is 2.13.